The largest absolute Gasteiger partial charge is 0.377 e. The number of rotatable bonds is 4. The number of hydrogen-bond donors (Lipinski definition) is 1. The first-order valence-corrected chi connectivity index (χ1v) is 7.60. The van der Waals surface area contributed by atoms with Gasteiger partial charge in [0, 0.05) is 51.6 Å². The summed E-state index contributed by atoms with van der Waals surface area (Å²) in [7, 11) is 0. The Hall–Kier alpha value is -1.17. The van der Waals surface area contributed by atoms with Crippen molar-refractivity contribution in [3.63, 3.8) is 0 Å². The van der Waals surface area contributed by atoms with Gasteiger partial charge in [0.2, 0.25) is 0 Å². The van der Waals surface area contributed by atoms with E-state index in [0.29, 0.717) is 18.7 Å². The molecule has 0 saturated carbocycles. The zero-order valence-corrected chi connectivity index (χ0v) is 11.9. The van der Waals surface area contributed by atoms with E-state index in [4.69, 9.17) is 10.5 Å². The summed E-state index contributed by atoms with van der Waals surface area (Å²) in [5.74, 6) is 1.08. The molecule has 0 bridgehead atoms. The van der Waals surface area contributed by atoms with Crippen molar-refractivity contribution < 1.29 is 4.74 Å². The molecule has 0 spiro atoms. The summed E-state index contributed by atoms with van der Waals surface area (Å²) >= 11 is 0. The lowest BCUT2D eigenvalue weighted by Gasteiger charge is -2.41. The van der Waals surface area contributed by atoms with Gasteiger partial charge in [-0.1, -0.05) is 6.07 Å². The maximum Gasteiger partial charge on any atom is 0.128 e. The van der Waals surface area contributed by atoms with Gasteiger partial charge >= 0.3 is 0 Å². The van der Waals surface area contributed by atoms with Crippen LogP contribution in [0.2, 0.25) is 0 Å². The van der Waals surface area contributed by atoms with E-state index in [-0.39, 0.29) is 0 Å². The van der Waals surface area contributed by atoms with Crippen LogP contribution in [0.4, 0.5) is 5.82 Å². The second kappa shape index (κ2) is 6.52. The van der Waals surface area contributed by atoms with Crippen molar-refractivity contribution in [2.24, 2.45) is 5.73 Å². The maximum absolute atomic E-state index is 5.98. The fourth-order valence-corrected chi connectivity index (χ4v) is 3.27. The summed E-state index contributed by atoms with van der Waals surface area (Å²) in [5, 5.41) is 0. The quantitative estimate of drug-likeness (QED) is 0.878. The number of pyridine rings is 1. The monoisotopic (exact) mass is 276 g/mol. The van der Waals surface area contributed by atoms with Crippen LogP contribution in [0.5, 0.6) is 0 Å². The number of hydrogen-bond acceptors (Lipinski definition) is 5. The summed E-state index contributed by atoms with van der Waals surface area (Å²) < 4.78 is 5.82. The van der Waals surface area contributed by atoms with Gasteiger partial charge in [0.25, 0.3) is 0 Å². The van der Waals surface area contributed by atoms with Gasteiger partial charge in [-0.3, -0.25) is 4.90 Å². The Morgan fingerprint density at radius 1 is 1.30 bits per heavy atom. The van der Waals surface area contributed by atoms with Gasteiger partial charge in [-0.15, -0.1) is 0 Å². The molecule has 0 amide bonds. The highest BCUT2D eigenvalue weighted by atomic mass is 16.5. The molecule has 110 valence electrons. The fraction of sp³-hybridized carbons (Fsp3) is 0.667. The molecule has 2 aliphatic rings. The Balaban J connectivity index is 1.57. The summed E-state index contributed by atoms with van der Waals surface area (Å²) in [4.78, 5) is 9.27. The van der Waals surface area contributed by atoms with Crippen LogP contribution in [0.25, 0.3) is 0 Å². The number of nitrogens with two attached hydrogens (primary N) is 1. The van der Waals surface area contributed by atoms with Crippen LogP contribution in [0.3, 0.4) is 0 Å². The van der Waals surface area contributed by atoms with Crippen molar-refractivity contribution in [1.29, 1.82) is 0 Å². The minimum Gasteiger partial charge on any atom is -0.377 e. The molecule has 0 radical (unpaired) electrons. The minimum atomic E-state index is 0.335. The van der Waals surface area contributed by atoms with E-state index in [2.05, 4.69) is 20.9 Å². The van der Waals surface area contributed by atoms with Crippen molar-refractivity contribution in [3.05, 3.63) is 24.4 Å². The lowest BCUT2D eigenvalue weighted by molar-refractivity contribution is 0.0249. The molecule has 2 aliphatic heterocycles. The molecule has 3 heterocycles. The number of piperazine rings is 1. The van der Waals surface area contributed by atoms with Gasteiger partial charge in [0.05, 0.1) is 6.10 Å². The predicted molar refractivity (Wildman–Crippen MR) is 79.8 cm³/mol. The minimum absolute atomic E-state index is 0.335. The highest BCUT2D eigenvalue weighted by molar-refractivity contribution is 5.38. The third-order valence-electron chi connectivity index (χ3n) is 4.39. The van der Waals surface area contributed by atoms with Crippen LogP contribution < -0.4 is 10.6 Å². The third-order valence-corrected chi connectivity index (χ3v) is 4.39. The number of nitrogens with zero attached hydrogens (tertiary/aromatic N) is 3. The Kier molecular flexibility index (Phi) is 4.50. The van der Waals surface area contributed by atoms with E-state index in [9.17, 15) is 0 Å². The summed E-state index contributed by atoms with van der Waals surface area (Å²) in [6, 6.07) is 6.46. The van der Waals surface area contributed by atoms with Crippen molar-refractivity contribution in [1.82, 2.24) is 9.88 Å². The van der Waals surface area contributed by atoms with Gasteiger partial charge in [-0.25, -0.2) is 4.98 Å². The van der Waals surface area contributed by atoms with Gasteiger partial charge in [-0.2, -0.15) is 0 Å². The molecule has 0 aromatic carbocycles. The molecule has 2 fully saturated rings. The topological polar surface area (TPSA) is 54.6 Å². The lowest BCUT2D eigenvalue weighted by atomic mass is 10.1. The van der Waals surface area contributed by atoms with Crippen molar-refractivity contribution in [3.8, 4) is 0 Å². The second-order valence-corrected chi connectivity index (χ2v) is 5.57. The standard InChI is InChI=1S/C15H24N4O/c16-12-13(14-4-3-11-20-14)18-7-9-19(10-8-18)15-5-1-2-6-17-15/h1-2,5-6,13-14H,3-4,7-12,16H2. The maximum atomic E-state index is 5.98. The molecule has 2 atom stereocenters. The van der Waals surface area contributed by atoms with Crippen LogP contribution in [-0.2, 0) is 4.74 Å². The molecule has 2 unspecified atom stereocenters. The van der Waals surface area contributed by atoms with Crippen LogP contribution >= 0.6 is 0 Å². The van der Waals surface area contributed by atoms with E-state index in [1.165, 1.54) is 6.42 Å². The Morgan fingerprint density at radius 2 is 2.15 bits per heavy atom. The van der Waals surface area contributed by atoms with Crippen molar-refractivity contribution in [2.45, 2.75) is 25.0 Å². The van der Waals surface area contributed by atoms with E-state index in [1.54, 1.807) is 0 Å². The summed E-state index contributed by atoms with van der Waals surface area (Å²) in [6.45, 7) is 5.69. The number of anilines is 1. The average Bonchev–Trinajstić information content (AvgIpc) is 3.04. The molecule has 2 saturated heterocycles. The molecule has 5 heteroatoms. The van der Waals surface area contributed by atoms with Crippen molar-refractivity contribution in [2.75, 3.05) is 44.2 Å². The lowest BCUT2D eigenvalue weighted by Crippen LogP contribution is -2.56. The summed E-state index contributed by atoms with van der Waals surface area (Å²) in [6.07, 6.45) is 4.52. The van der Waals surface area contributed by atoms with Crippen LogP contribution in [0.1, 0.15) is 12.8 Å². The molecule has 20 heavy (non-hydrogen) atoms. The van der Waals surface area contributed by atoms with E-state index >= 15 is 0 Å². The van der Waals surface area contributed by atoms with Gasteiger partial charge < -0.3 is 15.4 Å². The van der Waals surface area contributed by atoms with E-state index < -0.39 is 0 Å². The first kappa shape index (κ1) is 13.8. The Morgan fingerprint density at radius 3 is 2.75 bits per heavy atom. The first-order chi connectivity index (χ1) is 9.88. The van der Waals surface area contributed by atoms with Gasteiger partial charge in [0.15, 0.2) is 0 Å². The van der Waals surface area contributed by atoms with Crippen LogP contribution in [0.15, 0.2) is 24.4 Å². The zero-order chi connectivity index (χ0) is 13.8. The van der Waals surface area contributed by atoms with Crippen molar-refractivity contribution >= 4 is 5.82 Å². The smallest absolute Gasteiger partial charge is 0.128 e. The highest BCUT2D eigenvalue weighted by Crippen LogP contribution is 2.21. The molecular weight excluding hydrogens is 252 g/mol. The normalized spacial score (nSPS) is 25.9. The fourth-order valence-electron chi connectivity index (χ4n) is 3.27. The Labute approximate surface area is 120 Å². The van der Waals surface area contributed by atoms with Crippen LogP contribution in [0, 0.1) is 0 Å². The molecular formula is C15H24N4O. The van der Waals surface area contributed by atoms with Gasteiger partial charge in [0.1, 0.15) is 5.82 Å². The molecule has 1 aromatic heterocycles. The molecule has 1 aromatic rings. The molecule has 3 rings (SSSR count). The number of aromatic nitrogens is 1. The third kappa shape index (κ3) is 2.95. The Bertz CT molecular complexity index is 400. The van der Waals surface area contributed by atoms with E-state index in [0.717, 1.165) is 45.0 Å². The second-order valence-electron chi connectivity index (χ2n) is 5.57. The predicted octanol–water partition coefficient (Wildman–Crippen LogP) is 0.710. The molecule has 0 aliphatic carbocycles. The average molecular weight is 276 g/mol. The zero-order valence-electron chi connectivity index (χ0n) is 11.9. The molecule has 5 nitrogen and oxygen atoms in total. The van der Waals surface area contributed by atoms with E-state index in [1.807, 2.05) is 18.3 Å². The summed E-state index contributed by atoms with van der Waals surface area (Å²) in [5.41, 5.74) is 5.98. The molecule has 2 N–H and O–H groups in total. The number of ether oxygens (including phenoxy) is 1. The SMILES string of the molecule is NCC(C1CCCO1)N1CCN(c2ccccn2)CC1. The van der Waals surface area contributed by atoms with Gasteiger partial charge in [-0.05, 0) is 25.0 Å². The van der Waals surface area contributed by atoms with Crippen LogP contribution in [-0.4, -0.2) is 61.4 Å². The first-order valence-electron chi connectivity index (χ1n) is 7.60. The highest BCUT2D eigenvalue weighted by Gasteiger charge is 2.31.